The lowest BCUT2D eigenvalue weighted by molar-refractivity contribution is 0.373. The Kier molecular flexibility index (Phi) is 3.10. The molecule has 4 heteroatoms. The molecule has 3 nitrogen and oxygen atoms in total. The van der Waals surface area contributed by atoms with E-state index in [0.29, 0.717) is 5.75 Å². The molecular weight excluding hydrogens is 268 g/mol. The van der Waals surface area contributed by atoms with Gasteiger partial charge in [0.1, 0.15) is 18.2 Å². The maximum absolute atomic E-state index is 7.11. The van der Waals surface area contributed by atoms with Gasteiger partial charge in [0, 0.05) is 0 Å². The second-order valence-corrected chi connectivity index (χ2v) is 4.21. The van der Waals surface area contributed by atoms with Crippen molar-refractivity contribution in [2.45, 2.75) is 0 Å². The smallest absolute Gasteiger partial charge is 0.145 e. The summed E-state index contributed by atoms with van der Waals surface area (Å²) in [6.45, 7) is 0.108. The fourth-order valence-electron chi connectivity index (χ4n) is 1.48. The molecule has 0 aliphatic rings. The molecule has 0 unspecified atom stereocenters. The molecule has 2 aromatic carbocycles. The van der Waals surface area contributed by atoms with Crippen molar-refractivity contribution in [2.24, 2.45) is 5.73 Å². The first-order chi connectivity index (χ1) is 7.68. The zero-order valence-electron chi connectivity index (χ0n) is 8.53. The number of benzene rings is 2. The summed E-state index contributed by atoms with van der Waals surface area (Å²) in [7, 11) is 0. The van der Waals surface area contributed by atoms with Crippen LogP contribution in [0, 0.1) is 5.41 Å². The van der Waals surface area contributed by atoms with Gasteiger partial charge in [0.15, 0.2) is 0 Å². The van der Waals surface area contributed by atoms with Gasteiger partial charge < -0.3 is 10.5 Å². The van der Waals surface area contributed by atoms with Crippen LogP contribution in [0.2, 0.25) is 0 Å². The van der Waals surface area contributed by atoms with Crippen LogP contribution in [0.25, 0.3) is 10.8 Å². The van der Waals surface area contributed by atoms with E-state index in [4.69, 9.17) is 15.9 Å². The predicted octanol–water partition coefficient (Wildman–Crippen LogP) is 2.92. The molecule has 0 saturated heterocycles. The molecule has 0 amide bonds. The maximum atomic E-state index is 7.11. The van der Waals surface area contributed by atoms with Crippen LogP contribution in [0.15, 0.2) is 40.9 Å². The summed E-state index contributed by atoms with van der Waals surface area (Å²) in [6, 6.07) is 11.9. The molecule has 0 radical (unpaired) electrons. The third-order valence-corrected chi connectivity index (χ3v) is 3.03. The lowest BCUT2D eigenvalue weighted by Crippen LogP contribution is -2.19. The molecule has 3 N–H and O–H groups in total. The van der Waals surface area contributed by atoms with Crippen molar-refractivity contribution >= 4 is 32.5 Å². The number of halogens is 1. The Morgan fingerprint density at radius 2 is 2.00 bits per heavy atom. The minimum atomic E-state index is 0.0139. The highest BCUT2D eigenvalue weighted by Gasteiger charge is 2.05. The Hall–Kier alpha value is -1.55. The van der Waals surface area contributed by atoms with Gasteiger partial charge in [-0.3, -0.25) is 5.41 Å². The molecule has 0 bridgehead atoms. The minimum absolute atomic E-state index is 0.0139. The summed E-state index contributed by atoms with van der Waals surface area (Å²) in [6.07, 6.45) is 0. The topological polar surface area (TPSA) is 59.1 Å². The first-order valence-electron chi connectivity index (χ1n) is 4.81. The lowest BCUT2D eigenvalue weighted by atomic mass is 10.1. The monoisotopic (exact) mass is 278 g/mol. The van der Waals surface area contributed by atoms with Crippen molar-refractivity contribution < 1.29 is 4.74 Å². The molecule has 0 saturated carbocycles. The summed E-state index contributed by atoms with van der Waals surface area (Å²) in [4.78, 5) is 0. The van der Waals surface area contributed by atoms with Crippen molar-refractivity contribution in [1.82, 2.24) is 0 Å². The molecule has 16 heavy (non-hydrogen) atoms. The number of ether oxygens (including phenoxy) is 1. The molecule has 2 rings (SSSR count). The van der Waals surface area contributed by atoms with Gasteiger partial charge >= 0.3 is 0 Å². The fraction of sp³-hybridized carbons (Fsp3) is 0.0833. The predicted molar refractivity (Wildman–Crippen MR) is 69.1 cm³/mol. The zero-order chi connectivity index (χ0) is 11.5. The molecule has 0 aliphatic carbocycles. The Morgan fingerprint density at radius 3 is 2.75 bits per heavy atom. The van der Waals surface area contributed by atoms with Crippen LogP contribution in [-0.4, -0.2) is 12.4 Å². The molecule has 0 heterocycles. The van der Waals surface area contributed by atoms with Crippen molar-refractivity contribution in [3.8, 4) is 5.75 Å². The Bertz CT molecular complexity index is 540. The number of nitrogens with two attached hydrogens (primary N) is 1. The van der Waals surface area contributed by atoms with E-state index in [-0.39, 0.29) is 12.4 Å². The molecule has 0 aromatic heterocycles. The average Bonchev–Trinajstić information content (AvgIpc) is 2.28. The standard InChI is InChI=1S/C12H11BrN2O/c13-12-9-4-2-1-3-8(9)5-6-10(12)16-7-11(14)15/h1-6H,7H2,(H3,14,15). The highest BCUT2D eigenvalue weighted by atomic mass is 79.9. The fourth-order valence-corrected chi connectivity index (χ4v) is 2.09. The number of amidine groups is 1. The van der Waals surface area contributed by atoms with Crippen LogP contribution in [0.3, 0.4) is 0 Å². The zero-order valence-corrected chi connectivity index (χ0v) is 10.1. The van der Waals surface area contributed by atoms with E-state index in [1.54, 1.807) is 0 Å². The molecule has 2 aromatic rings. The SMILES string of the molecule is N=C(N)COc1ccc2ccccc2c1Br. The largest absolute Gasteiger partial charge is 0.485 e. The van der Waals surface area contributed by atoms with E-state index in [0.717, 1.165) is 15.2 Å². The first-order valence-corrected chi connectivity index (χ1v) is 5.61. The third-order valence-electron chi connectivity index (χ3n) is 2.21. The normalized spacial score (nSPS) is 10.3. The van der Waals surface area contributed by atoms with E-state index >= 15 is 0 Å². The highest BCUT2D eigenvalue weighted by molar-refractivity contribution is 9.10. The Balaban J connectivity index is 2.40. The molecular formula is C12H11BrN2O. The molecule has 0 fully saturated rings. The molecule has 82 valence electrons. The average molecular weight is 279 g/mol. The van der Waals surface area contributed by atoms with Gasteiger partial charge in [0.25, 0.3) is 0 Å². The van der Waals surface area contributed by atoms with Crippen LogP contribution in [-0.2, 0) is 0 Å². The van der Waals surface area contributed by atoms with E-state index in [1.807, 2.05) is 36.4 Å². The first kappa shape index (κ1) is 11.0. The van der Waals surface area contributed by atoms with Crippen molar-refractivity contribution in [2.75, 3.05) is 6.61 Å². The summed E-state index contributed by atoms with van der Waals surface area (Å²) < 4.78 is 6.31. The van der Waals surface area contributed by atoms with Gasteiger partial charge in [-0.25, -0.2) is 0 Å². The van der Waals surface area contributed by atoms with Crippen molar-refractivity contribution in [3.63, 3.8) is 0 Å². The number of nitrogens with one attached hydrogen (secondary N) is 1. The molecule has 0 spiro atoms. The number of hydrogen-bond acceptors (Lipinski definition) is 2. The van der Waals surface area contributed by atoms with E-state index in [1.165, 1.54) is 0 Å². The van der Waals surface area contributed by atoms with Crippen LogP contribution < -0.4 is 10.5 Å². The summed E-state index contributed by atoms with van der Waals surface area (Å²) in [5.74, 6) is 0.717. The number of hydrogen-bond donors (Lipinski definition) is 2. The van der Waals surface area contributed by atoms with Gasteiger partial charge in [-0.2, -0.15) is 0 Å². The maximum Gasteiger partial charge on any atom is 0.145 e. The minimum Gasteiger partial charge on any atom is -0.485 e. The van der Waals surface area contributed by atoms with E-state index in [9.17, 15) is 0 Å². The molecule has 0 atom stereocenters. The van der Waals surface area contributed by atoms with E-state index < -0.39 is 0 Å². The third kappa shape index (κ3) is 2.17. The van der Waals surface area contributed by atoms with Crippen LogP contribution in [0.4, 0.5) is 0 Å². The van der Waals surface area contributed by atoms with Crippen LogP contribution >= 0.6 is 15.9 Å². The number of rotatable bonds is 3. The lowest BCUT2D eigenvalue weighted by Gasteiger charge is -2.09. The summed E-state index contributed by atoms with van der Waals surface area (Å²) in [5, 5.41) is 9.34. The quantitative estimate of drug-likeness (QED) is 0.670. The second kappa shape index (κ2) is 4.53. The van der Waals surface area contributed by atoms with Gasteiger partial charge in [0.2, 0.25) is 0 Å². The summed E-state index contributed by atoms with van der Waals surface area (Å²) >= 11 is 3.50. The number of fused-ring (bicyclic) bond motifs is 1. The van der Waals surface area contributed by atoms with Gasteiger partial charge in [-0.1, -0.05) is 30.3 Å². The van der Waals surface area contributed by atoms with Crippen molar-refractivity contribution in [3.05, 3.63) is 40.9 Å². The Morgan fingerprint density at radius 1 is 1.25 bits per heavy atom. The second-order valence-electron chi connectivity index (χ2n) is 3.41. The van der Waals surface area contributed by atoms with Gasteiger partial charge in [-0.05, 0) is 32.8 Å². The van der Waals surface area contributed by atoms with Crippen LogP contribution in [0.5, 0.6) is 5.75 Å². The van der Waals surface area contributed by atoms with E-state index in [2.05, 4.69) is 15.9 Å². The van der Waals surface area contributed by atoms with Gasteiger partial charge in [0.05, 0.1) is 4.47 Å². The van der Waals surface area contributed by atoms with Gasteiger partial charge in [-0.15, -0.1) is 0 Å². The van der Waals surface area contributed by atoms with Crippen LogP contribution in [0.1, 0.15) is 0 Å². The summed E-state index contributed by atoms with van der Waals surface area (Å²) in [5.41, 5.74) is 5.25. The molecule has 0 aliphatic heterocycles. The highest BCUT2D eigenvalue weighted by Crippen LogP contribution is 2.32. The Labute approximate surface area is 102 Å². The van der Waals surface area contributed by atoms with Crippen molar-refractivity contribution in [1.29, 1.82) is 5.41 Å².